The van der Waals surface area contributed by atoms with Crippen molar-refractivity contribution >= 4 is 22.8 Å². The molecule has 0 fully saturated rings. The first-order valence-electron chi connectivity index (χ1n) is 8.03. The molecule has 0 N–H and O–H groups in total. The lowest BCUT2D eigenvalue weighted by Gasteiger charge is -2.17. The molecule has 4 rings (SSSR count). The van der Waals surface area contributed by atoms with E-state index in [9.17, 15) is 9.59 Å². The van der Waals surface area contributed by atoms with Crippen molar-refractivity contribution in [1.29, 1.82) is 0 Å². The zero-order valence-corrected chi connectivity index (χ0v) is 13.9. The summed E-state index contributed by atoms with van der Waals surface area (Å²) in [6.45, 7) is 0. The van der Waals surface area contributed by atoms with Crippen molar-refractivity contribution in [1.82, 2.24) is 4.98 Å². The smallest absolute Gasteiger partial charge is 0.344 e. The van der Waals surface area contributed by atoms with Gasteiger partial charge >= 0.3 is 11.9 Å². The molecule has 3 aromatic heterocycles. The van der Waals surface area contributed by atoms with Crippen molar-refractivity contribution in [2.24, 2.45) is 0 Å². The molecule has 0 aliphatic rings. The topological polar surface area (TPSA) is 91.8 Å². The number of carbonyl (C=O) groups is 2. The van der Waals surface area contributed by atoms with Gasteiger partial charge in [-0.25, -0.2) is 14.6 Å². The third-order valence-corrected chi connectivity index (χ3v) is 3.80. The number of furan rings is 2. The van der Waals surface area contributed by atoms with Gasteiger partial charge in [-0.3, -0.25) is 0 Å². The average Bonchev–Trinajstić information content (AvgIpc) is 3.40. The molecule has 4 aromatic rings. The van der Waals surface area contributed by atoms with Gasteiger partial charge in [0.2, 0.25) is 0 Å². The number of para-hydroxylation sites is 1. The Morgan fingerprint density at radius 3 is 2.04 bits per heavy atom. The molecule has 27 heavy (non-hydrogen) atoms. The molecule has 0 saturated carbocycles. The van der Waals surface area contributed by atoms with E-state index < -0.39 is 18.2 Å². The maximum absolute atomic E-state index is 12.3. The van der Waals surface area contributed by atoms with E-state index in [2.05, 4.69) is 4.98 Å². The highest BCUT2D eigenvalue weighted by molar-refractivity contribution is 5.90. The molecular weight excluding hydrogens is 350 g/mol. The molecular formula is C20H13NO6. The first-order chi connectivity index (χ1) is 13.2. The summed E-state index contributed by atoms with van der Waals surface area (Å²) in [5.41, 5.74) is 1.35. The van der Waals surface area contributed by atoms with E-state index in [1.165, 1.54) is 37.2 Å². The fourth-order valence-corrected chi connectivity index (χ4v) is 2.45. The Balaban J connectivity index is 1.65. The van der Waals surface area contributed by atoms with Gasteiger partial charge in [0.05, 0.1) is 29.2 Å². The van der Waals surface area contributed by atoms with Crippen LogP contribution in [-0.4, -0.2) is 16.9 Å². The third-order valence-electron chi connectivity index (χ3n) is 3.80. The molecule has 0 amide bonds. The largest absolute Gasteiger partial charge is 0.472 e. The number of ether oxygens (including phenoxy) is 2. The predicted octanol–water partition coefficient (Wildman–Crippen LogP) is 4.13. The number of esters is 2. The fraction of sp³-hybridized carbons (Fsp3) is 0.0500. The molecule has 0 atom stereocenters. The van der Waals surface area contributed by atoms with Crippen molar-refractivity contribution < 1.29 is 27.9 Å². The van der Waals surface area contributed by atoms with Crippen LogP contribution in [0.2, 0.25) is 0 Å². The Bertz CT molecular complexity index is 1020. The van der Waals surface area contributed by atoms with Crippen LogP contribution in [0.3, 0.4) is 0 Å². The SMILES string of the molecule is O=C(OC(OC(=O)c1ccoc1)c1ccc2ccccc2n1)c1ccoc1. The third kappa shape index (κ3) is 3.57. The van der Waals surface area contributed by atoms with E-state index in [0.29, 0.717) is 5.52 Å². The number of hydrogen-bond donors (Lipinski definition) is 0. The van der Waals surface area contributed by atoms with Gasteiger partial charge in [0.15, 0.2) is 0 Å². The van der Waals surface area contributed by atoms with Gasteiger partial charge in [0.25, 0.3) is 6.29 Å². The van der Waals surface area contributed by atoms with Gasteiger partial charge in [0, 0.05) is 5.39 Å². The lowest BCUT2D eigenvalue weighted by Crippen LogP contribution is -2.19. The molecule has 0 saturated heterocycles. The number of fused-ring (bicyclic) bond motifs is 1. The minimum Gasteiger partial charge on any atom is -0.472 e. The summed E-state index contributed by atoms with van der Waals surface area (Å²) in [7, 11) is 0. The van der Waals surface area contributed by atoms with Crippen molar-refractivity contribution in [2.75, 3.05) is 0 Å². The summed E-state index contributed by atoms with van der Waals surface area (Å²) >= 11 is 0. The summed E-state index contributed by atoms with van der Waals surface area (Å²) in [5, 5.41) is 0.905. The Morgan fingerprint density at radius 2 is 1.44 bits per heavy atom. The van der Waals surface area contributed by atoms with Crippen LogP contribution in [0.25, 0.3) is 10.9 Å². The molecule has 0 aliphatic heterocycles. The van der Waals surface area contributed by atoms with E-state index in [1.54, 1.807) is 6.07 Å². The van der Waals surface area contributed by atoms with Gasteiger partial charge in [0.1, 0.15) is 18.2 Å². The van der Waals surface area contributed by atoms with Crippen LogP contribution in [0.4, 0.5) is 0 Å². The molecule has 7 heteroatoms. The molecule has 0 unspecified atom stereocenters. The first kappa shape index (κ1) is 16.6. The second-order valence-electron chi connectivity index (χ2n) is 5.60. The van der Waals surface area contributed by atoms with Crippen molar-refractivity contribution in [3.63, 3.8) is 0 Å². The van der Waals surface area contributed by atoms with Gasteiger partial charge in [-0.2, -0.15) is 0 Å². The molecule has 134 valence electrons. The number of nitrogens with zero attached hydrogens (tertiary/aromatic N) is 1. The van der Waals surface area contributed by atoms with Crippen molar-refractivity contribution in [3.8, 4) is 0 Å². The first-order valence-corrected chi connectivity index (χ1v) is 8.03. The van der Waals surface area contributed by atoms with Crippen LogP contribution in [-0.2, 0) is 9.47 Å². The average molecular weight is 363 g/mol. The number of hydrogen-bond acceptors (Lipinski definition) is 7. The molecule has 3 heterocycles. The highest BCUT2D eigenvalue weighted by Crippen LogP contribution is 2.23. The zero-order chi connectivity index (χ0) is 18.6. The summed E-state index contributed by atoms with van der Waals surface area (Å²) in [5.74, 6) is -1.41. The quantitative estimate of drug-likeness (QED) is 0.389. The highest BCUT2D eigenvalue weighted by Gasteiger charge is 2.25. The zero-order valence-electron chi connectivity index (χ0n) is 13.9. The molecule has 0 radical (unpaired) electrons. The summed E-state index contributed by atoms with van der Waals surface area (Å²) in [6.07, 6.45) is 3.84. The van der Waals surface area contributed by atoms with E-state index in [0.717, 1.165) is 5.39 Å². The van der Waals surface area contributed by atoms with Gasteiger partial charge in [-0.05, 0) is 24.3 Å². The maximum atomic E-state index is 12.3. The maximum Gasteiger partial charge on any atom is 0.344 e. The van der Waals surface area contributed by atoms with E-state index in [4.69, 9.17) is 18.3 Å². The van der Waals surface area contributed by atoms with Crippen molar-refractivity contribution in [2.45, 2.75) is 6.29 Å². The van der Waals surface area contributed by atoms with Crippen LogP contribution in [0.1, 0.15) is 32.7 Å². The molecule has 0 bridgehead atoms. The Kier molecular flexibility index (Phi) is 4.40. The Morgan fingerprint density at radius 1 is 0.815 bits per heavy atom. The summed E-state index contributed by atoms with van der Waals surface area (Å²) in [4.78, 5) is 29.0. The highest BCUT2D eigenvalue weighted by atomic mass is 16.7. The number of aromatic nitrogens is 1. The van der Waals surface area contributed by atoms with E-state index >= 15 is 0 Å². The molecule has 0 aliphatic carbocycles. The minimum atomic E-state index is -1.33. The number of pyridine rings is 1. The second-order valence-corrected chi connectivity index (χ2v) is 5.60. The Hall–Kier alpha value is -3.87. The van der Waals surface area contributed by atoms with Crippen molar-refractivity contribution in [3.05, 3.63) is 90.4 Å². The fourth-order valence-electron chi connectivity index (χ4n) is 2.45. The normalized spacial score (nSPS) is 10.9. The number of carbonyl (C=O) groups excluding carboxylic acids is 2. The van der Waals surface area contributed by atoms with Crippen LogP contribution in [0.5, 0.6) is 0 Å². The Labute approximate surface area is 153 Å². The van der Waals surface area contributed by atoms with Crippen LogP contribution in [0, 0.1) is 0 Å². The summed E-state index contributed by atoms with van der Waals surface area (Å²) < 4.78 is 20.5. The number of rotatable bonds is 5. The van der Waals surface area contributed by atoms with Crippen LogP contribution in [0.15, 0.2) is 82.4 Å². The van der Waals surface area contributed by atoms with Gasteiger partial charge < -0.3 is 18.3 Å². The molecule has 7 nitrogen and oxygen atoms in total. The van der Waals surface area contributed by atoms with E-state index in [1.807, 2.05) is 30.3 Å². The monoisotopic (exact) mass is 363 g/mol. The van der Waals surface area contributed by atoms with Crippen LogP contribution >= 0.6 is 0 Å². The lowest BCUT2D eigenvalue weighted by molar-refractivity contribution is -0.0843. The minimum absolute atomic E-state index is 0.195. The van der Waals surface area contributed by atoms with Crippen LogP contribution < -0.4 is 0 Å². The van der Waals surface area contributed by atoms with E-state index in [-0.39, 0.29) is 16.8 Å². The lowest BCUT2D eigenvalue weighted by atomic mass is 10.2. The molecule has 1 aromatic carbocycles. The number of benzene rings is 1. The van der Waals surface area contributed by atoms with Gasteiger partial charge in [-0.1, -0.05) is 24.3 Å². The molecule has 0 spiro atoms. The van der Waals surface area contributed by atoms with Gasteiger partial charge in [-0.15, -0.1) is 0 Å². The summed E-state index contributed by atoms with van der Waals surface area (Å²) in [6, 6.07) is 13.8. The second kappa shape index (κ2) is 7.17. The predicted molar refractivity (Wildman–Crippen MR) is 92.7 cm³/mol. The standard InChI is InChI=1S/C20H13NO6/c22-18(14-7-9-24-11-14)26-20(27-19(23)15-8-10-25-12-15)17-6-5-13-3-1-2-4-16(13)21-17/h1-12,20H.